The molecule has 0 spiro atoms. The fourth-order valence-electron chi connectivity index (χ4n) is 2.58. The Morgan fingerprint density at radius 3 is 3.18 bits per heavy atom. The Morgan fingerprint density at radius 1 is 1.45 bits per heavy atom. The van der Waals surface area contributed by atoms with Crippen LogP contribution >= 0.6 is 0 Å². The molecule has 0 unspecified atom stereocenters. The molecule has 3 rings (SSSR count). The number of nitrogens with zero attached hydrogens (tertiary/aromatic N) is 2. The first-order chi connectivity index (χ1) is 10.8. The van der Waals surface area contributed by atoms with Gasteiger partial charge < -0.3 is 9.64 Å². The molecule has 1 amide bonds. The van der Waals surface area contributed by atoms with Crippen LogP contribution in [-0.2, 0) is 17.8 Å². The van der Waals surface area contributed by atoms with E-state index in [1.54, 1.807) is 12.3 Å². The molecule has 0 aliphatic carbocycles. The van der Waals surface area contributed by atoms with Crippen LogP contribution in [-0.4, -0.2) is 34.2 Å². The predicted octanol–water partition coefficient (Wildman–Crippen LogP) is 2.41. The number of benzene rings is 1. The normalized spacial score (nSPS) is 14.1. The van der Waals surface area contributed by atoms with Gasteiger partial charge in [-0.1, -0.05) is 18.2 Å². The largest absolute Gasteiger partial charge is 0.493 e. The van der Waals surface area contributed by atoms with Gasteiger partial charge in [-0.15, -0.1) is 0 Å². The number of H-pyrrole nitrogens is 1. The van der Waals surface area contributed by atoms with Crippen molar-refractivity contribution in [2.24, 2.45) is 0 Å². The number of carbonyl (C=O) groups excluding carboxylic acids is 1. The summed E-state index contributed by atoms with van der Waals surface area (Å²) in [5.74, 6) is 0.808. The standard InChI is InChI=1S/C17H19N3O2/c1-2-22-16-6-4-3-5-13(16)7-8-17(21)20-10-9-15-14(12-20)11-18-19-15/h3-8,11H,2,9-10,12H2,1H3,(H,18,19). The topological polar surface area (TPSA) is 58.2 Å². The van der Waals surface area contributed by atoms with Gasteiger partial charge in [-0.05, 0) is 19.1 Å². The van der Waals surface area contributed by atoms with Crippen molar-refractivity contribution in [2.45, 2.75) is 19.9 Å². The van der Waals surface area contributed by atoms with E-state index in [1.165, 1.54) is 0 Å². The Kier molecular flexibility index (Phi) is 4.23. The molecular weight excluding hydrogens is 278 g/mol. The van der Waals surface area contributed by atoms with E-state index in [4.69, 9.17) is 4.74 Å². The third kappa shape index (κ3) is 3.03. The highest BCUT2D eigenvalue weighted by Crippen LogP contribution is 2.20. The number of carbonyl (C=O) groups is 1. The fraction of sp³-hybridized carbons (Fsp3) is 0.294. The first-order valence-electron chi connectivity index (χ1n) is 7.48. The molecule has 0 bridgehead atoms. The summed E-state index contributed by atoms with van der Waals surface area (Å²) in [5.41, 5.74) is 3.15. The lowest BCUT2D eigenvalue weighted by molar-refractivity contribution is -0.126. The molecule has 1 aliphatic rings. The van der Waals surface area contributed by atoms with E-state index in [0.717, 1.165) is 29.0 Å². The Balaban J connectivity index is 1.70. The van der Waals surface area contributed by atoms with Gasteiger partial charge in [0.1, 0.15) is 5.75 Å². The quantitative estimate of drug-likeness (QED) is 0.882. The van der Waals surface area contributed by atoms with Gasteiger partial charge in [-0.3, -0.25) is 9.89 Å². The first kappa shape index (κ1) is 14.4. The van der Waals surface area contributed by atoms with Gasteiger partial charge in [-0.2, -0.15) is 5.10 Å². The van der Waals surface area contributed by atoms with Crippen LogP contribution in [0.4, 0.5) is 0 Å². The van der Waals surface area contributed by atoms with E-state index in [0.29, 0.717) is 19.7 Å². The van der Waals surface area contributed by atoms with Gasteiger partial charge >= 0.3 is 0 Å². The van der Waals surface area contributed by atoms with Gasteiger partial charge in [0.2, 0.25) is 5.91 Å². The lowest BCUT2D eigenvalue weighted by Crippen LogP contribution is -2.34. The number of hydrogen-bond acceptors (Lipinski definition) is 3. The zero-order valence-electron chi connectivity index (χ0n) is 12.6. The number of rotatable bonds is 4. The summed E-state index contributed by atoms with van der Waals surface area (Å²) < 4.78 is 5.56. The zero-order chi connectivity index (χ0) is 15.4. The Morgan fingerprint density at radius 2 is 2.32 bits per heavy atom. The van der Waals surface area contributed by atoms with Crippen molar-refractivity contribution in [3.63, 3.8) is 0 Å². The average Bonchev–Trinajstić information content (AvgIpc) is 3.01. The van der Waals surface area contributed by atoms with Crippen LogP contribution in [0.3, 0.4) is 0 Å². The number of ether oxygens (including phenoxy) is 1. The molecule has 5 nitrogen and oxygen atoms in total. The summed E-state index contributed by atoms with van der Waals surface area (Å²) in [6.07, 6.45) is 6.05. The molecule has 0 radical (unpaired) electrons. The number of para-hydroxylation sites is 1. The molecule has 2 aromatic rings. The van der Waals surface area contributed by atoms with Gasteiger partial charge in [0, 0.05) is 42.4 Å². The summed E-state index contributed by atoms with van der Waals surface area (Å²) in [6, 6.07) is 7.71. The average molecular weight is 297 g/mol. The number of aromatic amines is 1. The molecule has 0 saturated heterocycles. The number of fused-ring (bicyclic) bond motifs is 1. The lowest BCUT2D eigenvalue weighted by Gasteiger charge is -2.25. The van der Waals surface area contributed by atoms with Gasteiger partial charge in [0.05, 0.1) is 12.8 Å². The first-order valence-corrected chi connectivity index (χ1v) is 7.48. The Bertz CT molecular complexity index is 691. The number of hydrogen-bond donors (Lipinski definition) is 1. The molecular formula is C17H19N3O2. The second kappa shape index (κ2) is 6.47. The lowest BCUT2D eigenvalue weighted by atomic mass is 10.1. The van der Waals surface area contributed by atoms with E-state index < -0.39 is 0 Å². The maximum absolute atomic E-state index is 12.3. The van der Waals surface area contributed by atoms with Crippen LogP contribution in [0.1, 0.15) is 23.7 Å². The van der Waals surface area contributed by atoms with Crippen LogP contribution in [0, 0.1) is 0 Å². The third-order valence-corrected chi connectivity index (χ3v) is 3.74. The van der Waals surface area contributed by atoms with Crippen molar-refractivity contribution in [3.05, 3.63) is 53.4 Å². The summed E-state index contributed by atoms with van der Waals surface area (Å²) >= 11 is 0. The predicted molar refractivity (Wildman–Crippen MR) is 84.4 cm³/mol. The highest BCUT2D eigenvalue weighted by molar-refractivity contribution is 5.92. The van der Waals surface area contributed by atoms with Crippen molar-refractivity contribution in [1.29, 1.82) is 0 Å². The minimum atomic E-state index is 0.0122. The third-order valence-electron chi connectivity index (χ3n) is 3.74. The smallest absolute Gasteiger partial charge is 0.246 e. The van der Waals surface area contributed by atoms with Crippen molar-refractivity contribution < 1.29 is 9.53 Å². The van der Waals surface area contributed by atoms with E-state index in [1.807, 2.05) is 42.2 Å². The number of aromatic nitrogens is 2. The fourth-order valence-corrected chi connectivity index (χ4v) is 2.58. The molecule has 114 valence electrons. The summed E-state index contributed by atoms with van der Waals surface area (Å²) in [5, 5.41) is 7.00. The minimum Gasteiger partial charge on any atom is -0.493 e. The van der Waals surface area contributed by atoms with Crippen molar-refractivity contribution in [2.75, 3.05) is 13.2 Å². The zero-order valence-corrected chi connectivity index (χ0v) is 12.6. The molecule has 0 atom stereocenters. The van der Waals surface area contributed by atoms with Crippen molar-refractivity contribution in [1.82, 2.24) is 15.1 Å². The highest BCUT2D eigenvalue weighted by atomic mass is 16.5. The molecule has 1 aliphatic heterocycles. The molecule has 22 heavy (non-hydrogen) atoms. The van der Waals surface area contributed by atoms with Gasteiger partial charge in [0.15, 0.2) is 0 Å². The minimum absolute atomic E-state index is 0.0122. The molecule has 1 aromatic carbocycles. The number of amides is 1. The van der Waals surface area contributed by atoms with Crippen LogP contribution in [0.2, 0.25) is 0 Å². The summed E-state index contributed by atoms with van der Waals surface area (Å²) in [6.45, 7) is 3.88. The highest BCUT2D eigenvalue weighted by Gasteiger charge is 2.20. The molecule has 1 N–H and O–H groups in total. The molecule has 5 heteroatoms. The van der Waals surface area contributed by atoms with E-state index in [-0.39, 0.29) is 5.91 Å². The Hall–Kier alpha value is -2.56. The second-order valence-electron chi connectivity index (χ2n) is 5.19. The van der Waals surface area contributed by atoms with Gasteiger partial charge in [-0.25, -0.2) is 0 Å². The molecule has 0 saturated carbocycles. The maximum atomic E-state index is 12.3. The molecule has 2 heterocycles. The van der Waals surface area contributed by atoms with Crippen molar-refractivity contribution in [3.8, 4) is 5.75 Å². The van der Waals surface area contributed by atoms with E-state index in [9.17, 15) is 4.79 Å². The Labute approximate surface area is 129 Å². The summed E-state index contributed by atoms with van der Waals surface area (Å²) in [4.78, 5) is 14.2. The second-order valence-corrected chi connectivity index (χ2v) is 5.19. The van der Waals surface area contributed by atoms with E-state index in [2.05, 4.69) is 10.2 Å². The van der Waals surface area contributed by atoms with Crippen LogP contribution in [0.25, 0.3) is 6.08 Å². The van der Waals surface area contributed by atoms with Crippen LogP contribution in [0.15, 0.2) is 36.5 Å². The van der Waals surface area contributed by atoms with Crippen LogP contribution < -0.4 is 4.74 Å². The SMILES string of the molecule is CCOc1ccccc1C=CC(=O)N1CCc2[nH]ncc2C1. The van der Waals surface area contributed by atoms with Gasteiger partial charge in [0.25, 0.3) is 0 Å². The van der Waals surface area contributed by atoms with Crippen LogP contribution in [0.5, 0.6) is 5.75 Å². The molecule has 1 aromatic heterocycles. The molecule has 0 fully saturated rings. The number of nitrogens with one attached hydrogen (secondary N) is 1. The summed E-state index contributed by atoms with van der Waals surface area (Å²) in [7, 11) is 0. The maximum Gasteiger partial charge on any atom is 0.246 e. The monoisotopic (exact) mass is 297 g/mol. The van der Waals surface area contributed by atoms with E-state index >= 15 is 0 Å². The van der Waals surface area contributed by atoms with Crippen molar-refractivity contribution >= 4 is 12.0 Å².